The van der Waals surface area contributed by atoms with E-state index in [1.54, 1.807) is 42.5 Å². The molecular formula is C28H21NO6. The normalized spacial score (nSPS) is 15.6. The minimum Gasteiger partial charge on any atom is -0.503 e. The largest absolute Gasteiger partial charge is 0.503 e. The molecule has 174 valence electrons. The zero-order valence-corrected chi connectivity index (χ0v) is 18.8. The number of fused-ring (bicyclic) bond motifs is 1. The fourth-order valence-corrected chi connectivity index (χ4v) is 4.32. The molecule has 1 aliphatic rings. The summed E-state index contributed by atoms with van der Waals surface area (Å²) < 4.78 is 10.5. The van der Waals surface area contributed by atoms with E-state index in [1.165, 1.54) is 12.0 Å². The number of Topliss-reactive ketones (excluding diaryl/α,β-unsaturated/α-hetero) is 1. The van der Waals surface area contributed by atoms with Crippen LogP contribution in [0.2, 0.25) is 0 Å². The topological polar surface area (TPSA) is 97.0 Å². The Morgan fingerprint density at radius 1 is 0.971 bits per heavy atom. The first-order valence-electron chi connectivity index (χ1n) is 11.0. The van der Waals surface area contributed by atoms with E-state index in [-0.39, 0.29) is 17.9 Å². The average molecular weight is 467 g/mol. The summed E-state index contributed by atoms with van der Waals surface area (Å²) in [4.78, 5) is 40.1. The quantitative estimate of drug-likeness (QED) is 0.317. The van der Waals surface area contributed by atoms with Gasteiger partial charge in [0.2, 0.25) is 5.78 Å². The van der Waals surface area contributed by atoms with E-state index >= 15 is 0 Å². The second-order valence-corrected chi connectivity index (χ2v) is 8.17. The van der Waals surface area contributed by atoms with Crippen molar-refractivity contribution in [2.24, 2.45) is 0 Å². The van der Waals surface area contributed by atoms with Crippen LogP contribution in [-0.4, -0.2) is 34.8 Å². The number of benzene rings is 3. The molecule has 3 aromatic carbocycles. The van der Waals surface area contributed by atoms with E-state index in [0.29, 0.717) is 16.7 Å². The molecule has 1 atom stereocenters. The van der Waals surface area contributed by atoms with Gasteiger partial charge < -0.3 is 19.2 Å². The molecule has 0 bridgehead atoms. The maximum Gasteiger partial charge on any atom is 0.337 e. The second kappa shape index (κ2) is 8.95. The smallest absolute Gasteiger partial charge is 0.337 e. The molecule has 5 rings (SSSR count). The maximum absolute atomic E-state index is 13.6. The van der Waals surface area contributed by atoms with Crippen LogP contribution in [0.3, 0.4) is 0 Å². The Labute approximate surface area is 200 Å². The van der Waals surface area contributed by atoms with E-state index in [9.17, 15) is 19.5 Å². The number of hydrogen-bond donors (Lipinski definition) is 1. The lowest BCUT2D eigenvalue weighted by Gasteiger charge is -2.27. The number of amides is 1. The molecule has 4 aromatic rings. The Hall–Kier alpha value is -4.65. The molecule has 0 saturated carbocycles. The van der Waals surface area contributed by atoms with Crippen molar-refractivity contribution < 1.29 is 28.6 Å². The van der Waals surface area contributed by atoms with Crippen molar-refractivity contribution >= 4 is 28.6 Å². The van der Waals surface area contributed by atoms with E-state index in [4.69, 9.17) is 9.15 Å². The first-order valence-corrected chi connectivity index (χ1v) is 11.0. The molecular weight excluding hydrogens is 446 g/mol. The van der Waals surface area contributed by atoms with Crippen LogP contribution in [0.4, 0.5) is 0 Å². The monoisotopic (exact) mass is 467 g/mol. The minimum atomic E-state index is -0.880. The summed E-state index contributed by atoms with van der Waals surface area (Å²) in [5.74, 6) is -2.33. The van der Waals surface area contributed by atoms with Crippen molar-refractivity contribution in [3.05, 3.63) is 119 Å². The summed E-state index contributed by atoms with van der Waals surface area (Å²) in [6.45, 7) is 0.171. The molecule has 1 N–H and O–H groups in total. The fraction of sp³-hybridized carbons (Fsp3) is 0.107. The lowest BCUT2D eigenvalue weighted by molar-refractivity contribution is -0.130. The van der Waals surface area contributed by atoms with E-state index in [0.717, 1.165) is 10.9 Å². The fourth-order valence-electron chi connectivity index (χ4n) is 4.32. The van der Waals surface area contributed by atoms with Crippen LogP contribution in [0.15, 0.2) is 101 Å². The van der Waals surface area contributed by atoms with Gasteiger partial charge in [-0.15, -0.1) is 0 Å². The summed E-state index contributed by atoms with van der Waals surface area (Å²) in [5, 5.41) is 11.6. The van der Waals surface area contributed by atoms with E-state index in [1.807, 2.05) is 42.5 Å². The zero-order chi connectivity index (χ0) is 24.5. The van der Waals surface area contributed by atoms with Gasteiger partial charge in [-0.25, -0.2) is 4.79 Å². The molecule has 2 heterocycles. The number of carbonyl (C=O) groups is 3. The number of aliphatic hydroxyl groups excluding tert-OH is 1. The van der Waals surface area contributed by atoms with Gasteiger partial charge in [-0.1, -0.05) is 60.7 Å². The number of nitrogens with zero attached hydrogens (tertiary/aromatic N) is 1. The summed E-state index contributed by atoms with van der Waals surface area (Å²) in [5.41, 5.74) is 2.18. The van der Waals surface area contributed by atoms with Crippen LogP contribution in [0.1, 0.15) is 38.1 Å². The molecule has 1 aromatic heterocycles. The van der Waals surface area contributed by atoms with Gasteiger partial charge in [0.05, 0.1) is 24.3 Å². The zero-order valence-electron chi connectivity index (χ0n) is 18.8. The third kappa shape index (κ3) is 3.97. The van der Waals surface area contributed by atoms with Crippen molar-refractivity contribution in [3.63, 3.8) is 0 Å². The SMILES string of the molecule is COC(=O)c1ccc(C2C(C(=O)c3cc4ccccc4o3)=C(O)C(=O)N2Cc2ccccc2)cc1. The Bertz CT molecular complexity index is 1430. The third-order valence-electron chi connectivity index (χ3n) is 6.04. The van der Waals surface area contributed by atoms with Gasteiger partial charge in [0.25, 0.3) is 5.91 Å². The van der Waals surface area contributed by atoms with Crippen LogP contribution in [0.25, 0.3) is 11.0 Å². The van der Waals surface area contributed by atoms with Crippen molar-refractivity contribution in [2.45, 2.75) is 12.6 Å². The van der Waals surface area contributed by atoms with Gasteiger partial charge >= 0.3 is 5.97 Å². The highest BCUT2D eigenvalue weighted by atomic mass is 16.5. The van der Waals surface area contributed by atoms with Gasteiger partial charge in [-0.2, -0.15) is 0 Å². The number of ether oxygens (including phenoxy) is 1. The van der Waals surface area contributed by atoms with Gasteiger partial charge in [-0.3, -0.25) is 9.59 Å². The van der Waals surface area contributed by atoms with E-state index < -0.39 is 29.5 Å². The van der Waals surface area contributed by atoms with E-state index in [2.05, 4.69) is 0 Å². The number of ketones is 1. The summed E-state index contributed by atoms with van der Waals surface area (Å²) >= 11 is 0. The lowest BCUT2D eigenvalue weighted by atomic mass is 9.94. The predicted octanol–water partition coefficient (Wildman–Crippen LogP) is 5.00. The number of carbonyl (C=O) groups excluding carboxylic acids is 3. The number of aliphatic hydroxyl groups is 1. The lowest BCUT2D eigenvalue weighted by Crippen LogP contribution is -2.30. The molecule has 1 unspecified atom stereocenters. The highest BCUT2D eigenvalue weighted by molar-refractivity contribution is 6.16. The molecule has 0 radical (unpaired) electrons. The number of hydrogen-bond acceptors (Lipinski definition) is 6. The first kappa shape index (κ1) is 22.2. The number of esters is 1. The standard InChI is InChI=1S/C28H21NO6/c1-34-28(33)19-13-11-18(12-14-19)24-23(25(30)22-15-20-9-5-6-10-21(20)35-22)26(31)27(32)29(24)16-17-7-3-2-4-8-17/h2-15,24,31H,16H2,1H3. The van der Waals surface area contributed by atoms with Gasteiger partial charge in [-0.05, 0) is 35.4 Å². The maximum atomic E-state index is 13.6. The summed E-state index contributed by atoms with van der Waals surface area (Å²) in [7, 11) is 1.29. The predicted molar refractivity (Wildman–Crippen MR) is 128 cm³/mol. The second-order valence-electron chi connectivity index (χ2n) is 8.17. The Balaban J connectivity index is 1.59. The highest BCUT2D eigenvalue weighted by Gasteiger charge is 2.44. The molecule has 1 amide bonds. The molecule has 0 fully saturated rings. The molecule has 7 heteroatoms. The number of para-hydroxylation sites is 1. The molecule has 7 nitrogen and oxygen atoms in total. The van der Waals surface area contributed by atoms with Crippen LogP contribution < -0.4 is 0 Å². The molecule has 0 aliphatic carbocycles. The summed E-state index contributed by atoms with van der Waals surface area (Å²) in [6, 6.07) is 23.6. The van der Waals surface area contributed by atoms with Crippen LogP contribution in [0.5, 0.6) is 0 Å². The van der Waals surface area contributed by atoms with Crippen molar-refractivity contribution in [3.8, 4) is 0 Å². The minimum absolute atomic E-state index is 0.0262. The van der Waals surface area contributed by atoms with Gasteiger partial charge in [0, 0.05) is 11.9 Å². The molecule has 1 aliphatic heterocycles. The highest BCUT2D eigenvalue weighted by Crippen LogP contribution is 2.40. The third-order valence-corrected chi connectivity index (χ3v) is 6.04. The van der Waals surface area contributed by atoms with Crippen LogP contribution >= 0.6 is 0 Å². The van der Waals surface area contributed by atoms with Crippen LogP contribution in [0, 0.1) is 0 Å². The van der Waals surface area contributed by atoms with Crippen molar-refractivity contribution in [1.82, 2.24) is 4.90 Å². The number of rotatable bonds is 6. The molecule has 0 spiro atoms. The van der Waals surface area contributed by atoms with Crippen LogP contribution in [-0.2, 0) is 16.1 Å². The molecule has 0 saturated heterocycles. The Kier molecular flexibility index (Phi) is 5.66. The van der Waals surface area contributed by atoms with Gasteiger partial charge in [0.15, 0.2) is 11.5 Å². The average Bonchev–Trinajstić information content (AvgIpc) is 3.43. The molecule has 35 heavy (non-hydrogen) atoms. The van der Waals surface area contributed by atoms with Crippen molar-refractivity contribution in [1.29, 1.82) is 0 Å². The summed E-state index contributed by atoms with van der Waals surface area (Å²) in [6.07, 6.45) is 0. The van der Waals surface area contributed by atoms with Crippen molar-refractivity contribution in [2.75, 3.05) is 7.11 Å². The van der Waals surface area contributed by atoms with Gasteiger partial charge in [0.1, 0.15) is 5.58 Å². The Morgan fingerprint density at radius 3 is 2.34 bits per heavy atom. The number of methoxy groups -OCH3 is 1. The Morgan fingerprint density at radius 2 is 1.66 bits per heavy atom. The first-order chi connectivity index (χ1) is 17.0. The number of furan rings is 1.